The highest BCUT2D eigenvalue weighted by molar-refractivity contribution is 6.36. The van der Waals surface area contributed by atoms with E-state index in [9.17, 15) is 0 Å². The first-order valence-electron chi connectivity index (χ1n) is 19.6. The lowest BCUT2D eigenvalue weighted by molar-refractivity contribution is 0.666. The Bertz CT molecular complexity index is 3740. The van der Waals surface area contributed by atoms with Crippen LogP contribution < -0.4 is 0 Å². The first-order chi connectivity index (χ1) is 28.7. The van der Waals surface area contributed by atoms with E-state index in [4.69, 9.17) is 19.4 Å². The summed E-state index contributed by atoms with van der Waals surface area (Å²) in [6.07, 6.45) is 0. The lowest BCUT2D eigenvalue weighted by Gasteiger charge is -2.15. The Kier molecular flexibility index (Phi) is 6.28. The first-order valence-corrected chi connectivity index (χ1v) is 19.6. The predicted molar refractivity (Wildman–Crippen MR) is 237 cm³/mol. The normalized spacial score (nSPS) is 12.2. The minimum absolute atomic E-state index is 0.606. The largest absolute Gasteiger partial charge is 0.454 e. The summed E-state index contributed by atoms with van der Waals surface area (Å²) < 4.78 is 11.9. The highest BCUT2D eigenvalue weighted by atomic mass is 16.3. The Morgan fingerprint density at radius 2 is 0.966 bits per heavy atom. The molecule has 0 amide bonds. The van der Waals surface area contributed by atoms with E-state index in [0.717, 1.165) is 60.9 Å². The summed E-state index contributed by atoms with van der Waals surface area (Å²) in [5.74, 6) is 1.85. The van der Waals surface area contributed by atoms with Crippen LogP contribution in [0.4, 0.5) is 0 Å². The molecule has 0 aliphatic rings. The summed E-state index contributed by atoms with van der Waals surface area (Å²) in [6, 6.07) is 59.7. The molecule has 0 unspecified atom stereocenters. The summed E-state index contributed by atoms with van der Waals surface area (Å²) in [6.45, 7) is 2.17. The molecule has 0 spiro atoms. The molecule has 0 fully saturated rings. The topological polar surface area (TPSA) is 61.2 Å². The van der Waals surface area contributed by atoms with E-state index in [-0.39, 0.29) is 0 Å². The number of rotatable bonds is 4. The number of benzene rings is 8. The molecule has 0 aliphatic carbocycles. The van der Waals surface area contributed by atoms with Crippen LogP contribution in [0.3, 0.4) is 0 Å². The van der Waals surface area contributed by atoms with Gasteiger partial charge in [-0.25, -0.2) is 15.0 Å². The molecule has 0 aliphatic heterocycles. The second-order valence-corrected chi connectivity index (χ2v) is 15.2. The number of hydrogen-bond donors (Lipinski definition) is 0. The maximum Gasteiger partial charge on any atom is 0.165 e. The van der Waals surface area contributed by atoms with E-state index in [1.54, 1.807) is 0 Å². The SMILES string of the molecule is Cc1cc(-n2c3ccccc3c3c4c5ccccc5n5c6ccccc6c(cc32)c45)c2oc3ccccc3c2c1-c1nc(-c2ccccc2)nc(-c2ccccc2)n1. The molecule has 8 aromatic carbocycles. The minimum atomic E-state index is 0.606. The monoisotopic (exact) mass is 741 g/mol. The fourth-order valence-corrected chi connectivity index (χ4v) is 9.61. The molecule has 0 saturated carbocycles. The van der Waals surface area contributed by atoms with Gasteiger partial charge in [0.1, 0.15) is 5.58 Å². The highest BCUT2D eigenvalue weighted by Crippen LogP contribution is 2.49. The van der Waals surface area contributed by atoms with Gasteiger partial charge in [-0.3, -0.25) is 0 Å². The summed E-state index contributed by atoms with van der Waals surface area (Å²) in [7, 11) is 0. The third-order valence-electron chi connectivity index (χ3n) is 12.0. The van der Waals surface area contributed by atoms with Crippen molar-refractivity contribution in [2.24, 2.45) is 0 Å². The van der Waals surface area contributed by atoms with Crippen molar-refractivity contribution >= 4 is 81.8 Å². The standard InChI is InChI=1S/C52H31N5O/c1-30-28-42(56-39-25-13-9-21-34(39)45-41(56)29-37-33-20-8-12-24-38(33)57-40-26-14-10-22-35(40)46(45)48(37)57)49-47(36-23-11-15-27-43(36)58-49)44(30)52-54-50(31-16-4-2-5-17-31)53-51(55-52)32-18-6-3-7-19-32/h2-29H,1H3. The average Bonchev–Trinajstić information content (AvgIpc) is 4.02. The molecule has 0 N–H and O–H groups in total. The molecule has 270 valence electrons. The molecule has 6 nitrogen and oxygen atoms in total. The van der Waals surface area contributed by atoms with Gasteiger partial charge in [0.05, 0.1) is 33.3 Å². The predicted octanol–water partition coefficient (Wildman–Crippen LogP) is 13.3. The third kappa shape index (κ3) is 4.18. The van der Waals surface area contributed by atoms with E-state index in [2.05, 4.69) is 119 Å². The number of nitrogens with zero attached hydrogens (tertiary/aromatic N) is 5. The Morgan fingerprint density at radius 3 is 1.66 bits per heavy atom. The number of para-hydroxylation sites is 4. The van der Waals surface area contributed by atoms with Gasteiger partial charge in [0.25, 0.3) is 0 Å². The Balaban J connectivity index is 1.18. The maximum absolute atomic E-state index is 7.02. The minimum Gasteiger partial charge on any atom is -0.454 e. The zero-order valence-electron chi connectivity index (χ0n) is 31.3. The highest BCUT2D eigenvalue weighted by Gasteiger charge is 2.27. The van der Waals surface area contributed by atoms with E-state index < -0.39 is 0 Å². The molecule has 5 aromatic heterocycles. The van der Waals surface area contributed by atoms with Crippen LogP contribution in [0.15, 0.2) is 174 Å². The number of aryl methyl sites for hydroxylation is 1. The van der Waals surface area contributed by atoms with Gasteiger partial charge in [0.2, 0.25) is 0 Å². The van der Waals surface area contributed by atoms with Crippen molar-refractivity contribution in [3.8, 4) is 39.9 Å². The third-order valence-corrected chi connectivity index (χ3v) is 12.0. The first kappa shape index (κ1) is 31.4. The zero-order chi connectivity index (χ0) is 38.1. The van der Waals surface area contributed by atoms with Crippen molar-refractivity contribution in [1.82, 2.24) is 23.9 Å². The summed E-state index contributed by atoms with van der Waals surface area (Å²) in [5, 5.41) is 9.43. The second kappa shape index (κ2) is 11.6. The van der Waals surface area contributed by atoms with Gasteiger partial charge < -0.3 is 13.4 Å². The van der Waals surface area contributed by atoms with Crippen molar-refractivity contribution in [2.45, 2.75) is 6.92 Å². The second-order valence-electron chi connectivity index (χ2n) is 15.2. The van der Waals surface area contributed by atoms with Crippen molar-refractivity contribution in [2.75, 3.05) is 0 Å². The lowest BCUT2D eigenvalue weighted by atomic mass is 9.98. The maximum atomic E-state index is 7.02. The molecule has 13 aromatic rings. The molecule has 58 heavy (non-hydrogen) atoms. The molecule has 0 atom stereocenters. The van der Waals surface area contributed by atoms with Gasteiger partial charge in [-0.2, -0.15) is 0 Å². The van der Waals surface area contributed by atoms with Crippen LogP contribution in [-0.4, -0.2) is 23.9 Å². The lowest BCUT2D eigenvalue weighted by Crippen LogP contribution is -2.03. The molecule has 0 bridgehead atoms. The number of aromatic nitrogens is 5. The van der Waals surface area contributed by atoms with E-state index >= 15 is 0 Å². The van der Waals surface area contributed by atoms with Crippen LogP contribution in [0.1, 0.15) is 5.56 Å². The molecule has 5 heterocycles. The molecule has 13 rings (SSSR count). The number of fused-ring (bicyclic) bond motifs is 13. The molecule has 0 saturated heterocycles. The van der Waals surface area contributed by atoms with Crippen LogP contribution in [0.2, 0.25) is 0 Å². The van der Waals surface area contributed by atoms with E-state index in [1.165, 1.54) is 48.9 Å². The van der Waals surface area contributed by atoms with Crippen LogP contribution in [0.25, 0.3) is 122 Å². The van der Waals surface area contributed by atoms with Crippen molar-refractivity contribution in [3.05, 3.63) is 175 Å². The number of furan rings is 1. The van der Waals surface area contributed by atoms with Crippen LogP contribution in [-0.2, 0) is 0 Å². The summed E-state index contributed by atoms with van der Waals surface area (Å²) in [4.78, 5) is 15.5. The van der Waals surface area contributed by atoms with Gasteiger partial charge in [-0.15, -0.1) is 0 Å². The smallest absolute Gasteiger partial charge is 0.165 e. The van der Waals surface area contributed by atoms with Gasteiger partial charge in [0.15, 0.2) is 23.1 Å². The van der Waals surface area contributed by atoms with E-state index in [1.807, 2.05) is 66.7 Å². The van der Waals surface area contributed by atoms with Crippen molar-refractivity contribution in [1.29, 1.82) is 0 Å². The molecular weight excluding hydrogens is 711 g/mol. The summed E-state index contributed by atoms with van der Waals surface area (Å²) in [5.41, 5.74) is 12.3. The van der Waals surface area contributed by atoms with Crippen LogP contribution in [0.5, 0.6) is 0 Å². The van der Waals surface area contributed by atoms with Crippen LogP contribution in [0, 0.1) is 6.92 Å². The molecule has 0 radical (unpaired) electrons. The van der Waals surface area contributed by atoms with Gasteiger partial charge in [0, 0.05) is 59.8 Å². The molecular formula is C52H31N5O. The molecule has 6 heteroatoms. The van der Waals surface area contributed by atoms with E-state index in [0.29, 0.717) is 17.5 Å². The quantitative estimate of drug-likeness (QED) is 0.180. The van der Waals surface area contributed by atoms with Gasteiger partial charge in [-0.1, -0.05) is 133 Å². The fraction of sp³-hybridized carbons (Fsp3) is 0.0192. The number of hydrogen-bond acceptors (Lipinski definition) is 4. The van der Waals surface area contributed by atoms with Gasteiger partial charge in [-0.05, 0) is 48.9 Å². The fourth-order valence-electron chi connectivity index (χ4n) is 9.61. The van der Waals surface area contributed by atoms with Gasteiger partial charge >= 0.3 is 0 Å². The van der Waals surface area contributed by atoms with Crippen molar-refractivity contribution in [3.63, 3.8) is 0 Å². The Morgan fingerprint density at radius 1 is 0.431 bits per heavy atom. The van der Waals surface area contributed by atoms with Crippen molar-refractivity contribution < 1.29 is 4.42 Å². The zero-order valence-corrected chi connectivity index (χ0v) is 31.3. The Labute approximate surface area is 331 Å². The van der Waals surface area contributed by atoms with Crippen LogP contribution >= 0.6 is 0 Å². The Hall–Kier alpha value is -7.83. The average molecular weight is 742 g/mol. The summed E-state index contributed by atoms with van der Waals surface area (Å²) >= 11 is 0.